The lowest BCUT2D eigenvalue weighted by molar-refractivity contribution is -0.171. The molecule has 0 aromatic heterocycles. The van der Waals surface area contributed by atoms with E-state index in [1.165, 1.54) is 12.1 Å². The standard InChI is InChI=1S/C6H6BFO5/c8-4-2-1-3-5(6(4)9)12-7(10)13-11/h1-3,9-11H. The Morgan fingerprint density at radius 3 is 2.69 bits per heavy atom. The molecule has 3 N–H and O–H groups in total. The number of rotatable bonds is 3. The summed E-state index contributed by atoms with van der Waals surface area (Å²) in [5.41, 5.74) is 0. The fourth-order valence-corrected chi connectivity index (χ4v) is 0.721. The SMILES string of the molecule is OOB(O)Oc1cccc(F)c1O. The summed E-state index contributed by atoms with van der Waals surface area (Å²) in [4.78, 5) is 3.35. The van der Waals surface area contributed by atoms with E-state index in [0.29, 0.717) is 0 Å². The molecule has 70 valence electrons. The maximum atomic E-state index is 12.6. The fraction of sp³-hybridized carbons (Fsp3) is 0. The van der Waals surface area contributed by atoms with Gasteiger partial charge in [0.15, 0.2) is 11.6 Å². The summed E-state index contributed by atoms with van der Waals surface area (Å²) in [5.74, 6) is -2.00. The number of aromatic hydroxyl groups is 1. The lowest BCUT2D eigenvalue weighted by atomic mass is 10.2. The van der Waals surface area contributed by atoms with E-state index in [1.54, 1.807) is 0 Å². The van der Waals surface area contributed by atoms with Gasteiger partial charge in [-0.1, -0.05) is 6.07 Å². The Kier molecular flexibility index (Phi) is 3.07. The summed E-state index contributed by atoms with van der Waals surface area (Å²) in [5, 5.41) is 25.5. The molecule has 0 saturated heterocycles. The highest BCUT2D eigenvalue weighted by atomic mass is 19.1. The second-order valence-electron chi connectivity index (χ2n) is 2.12. The van der Waals surface area contributed by atoms with Gasteiger partial charge in [-0.3, -0.25) is 5.26 Å². The van der Waals surface area contributed by atoms with Crippen LogP contribution in [-0.4, -0.2) is 22.7 Å². The molecule has 7 heteroatoms. The van der Waals surface area contributed by atoms with Crippen molar-refractivity contribution in [2.45, 2.75) is 0 Å². The Morgan fingerprint density at radius 2 is 2.08 bits per heavy atom. The van der Waals surface area contributed by atoms with Gasteiger partial charge in [0.2, 0.25) is 0 Å². The van der Waals surface area contributed by atoms with Crippen molar-refractivity contribution in [3.8, 4) is 11.5 Å². The largest absolute Gasteiger partial charge is 0.739 e. The third-order valence-electron chi connectivity index (χ3n) is 1.27. The maximum Gasteiger partial charge on any atom is 0.739 e. The van der Waals surface area contributed by atoms with Crippen molar-refractivity contribution >= 4 is 7.32 Å². The van der Waals surface area contributed by atoms with E-state index in [4.69, 9.17) is 15.4 Å². The Morgan fingerprint density at radius 1 is 1.38 bits per heavy atom. The van der Waals surface area contributed by atoms with Crippen LogP contribution in [0.3, 0.4) is 0 Å². The molecule has 0 radical (unpaired) electrons. The van der Waals surface area contributed by atoms with Gasteiger partial charge in [0.25, 0.3) is 0 Å². The highest BCUT2D eigenvalue weighted by Gasteiger charge is 2.20. The molecule has 0 aliphatic carbocycles. The van der Waals surface area contributed by atoms with Gasteiger partial charge in [0.1, 0.15) is 5.75 Å². The molecule has 0 atom stereocenters. The molecule has 0 heterocycles. The zero-order valence-electron chi connectivity index (χ0n) is 6.35. The summed E-state index contributed by atoms with van der Waals surface area (Å²) in [6, 6.07) is 3.46. The third-order valence-corrected chi connectivity index (χ3v) is 1.27. The maximum absolute atomic E-state index is 12.6. The Bertz CT molecular complexity index is 294. The van der Waals surface area contributed by atoms with Crippen LogP contribution in [0, 0.1) is 5.82 Å². The number of hydrogen-bond acceptors (Lipinski definition) is 5. The summed E-state index contributed by atoms with van der Waals surface area (Å²) in [6.07, 6.45) is 0. The minimum atomic E-state index is -1.97. The molecule has 0 saturated carbocycles. The van der Waals surface area contributed by atoms with Gasteiger partial charge in [0, 0.05) is 0 Å². The summed E-state index contributed by atoms with van der Waals surface area (Å²) < 4.78 is 17.0. The van der Waals surface area contributed by atoms with E-state index in [-0.39, 0.29) is 5.75 Å². The number of benzene rings is 1. The van der Waals surface area contributed by atoms with Crippen LogP contribution < -0.4 is 4.65 Å². The van der Waals surface area contributed by atoms with Crippen molar-refractivity contribution in [1.82, 2.24) is 0 Å². The minimum Gasteiger partial charge on any atom is -0.507 e. The fourth-order valence-electron chi connectivity index (χ4n) is 0.721. The average molecular weight is 188 g/mol. The van der Waals surface area contributed by atoms with Crippen molar-refractivity contribution in [1.29, 1.82) is 0 Å². The molecule has 5 nitrogen and oxygen atoms in total. The van der Waals surface area contributed by atoms with Gasteiger partial charge < -0.3 is 14.8 Å². The molecule has 0 aliphatic heterocycles. The Hall–Kier alpha value is -1.31. The lowest BCUT2D eigenvalue weighted by Crippen LogP contribution is -2.24. The van der Waals surface area contributed by atoms with Crippen molar-refractivity contribution in [2.24, 2.45) is 0 Å². The van der Waals surface area contributed by atoms with Crippen LogP contribution in [0.1, 0.15) is 0 Å². The molecule has 0 fully saturated rings. The predicted molar refractivity (Wildman–Crippen MR) is 40.4 cm³/mol. The van der Waals surface area contributed by atoms with Crippen LogP contribution in [0.2, 0.25) is 0 Å². The van der Waals surface area contributed by atoms with Gasteiger partial charge in [-0.05, 0) is 12.1 Å². The van der Waals surface area contributed by atoms with E-state index in [2.05, 4.69) is 9.46 Å². The molecule has 0 spiro atoms. The van der Waals surface area contributed by atoms with Crippen molar-refractivity contribution in [3.63, 3.8) is 0 Å². The number of para-hydroxylation sites is 1. The Labute approximate surface area is 73.1 Å². The minimum absolute atomic E-state index is 0.332. The normalized spacial score (nSPS) is 9.77. The van der Waals surface area contributed by atoms with E-state index < -0.39 is 18.9 Å². The molecule has 1 rings (SSSR count). The van der Waals surface area contributed by atoms with Crippen molar-refractivity contribution < 1.29 is 29.2 Å². The second kappa shape index (κ2) is 4.08. The molecule has 0 amide bonds. The van der Waals surface area contributed by atoms with Crippen molar-refractivity contribution in [2.75, 3.05) is 0 Å². The first-order valence-corrected chi connectivity index (χ1v) is 3.27. The van der Waals surface area contributed by atoms with E-state index in [0.717, 1.165) is 6.07 Å². The van der Waals surface area contributed by atoms with Gasteiger partial charge in [-0.2, -0.15) is 0 Å². The van der Waals surface area contributed by atoms with Gasteiger partial charge in [0.05, 0.1) is 0 Å². The quantitative estimate of drug-likeness (QED) is 0.363. The molecule has 13 heavy (non-hydrogen) atoms. The average Bonchev–Trinajstić information content (AvgIpc) is 2.13. The van der Waals surface area contributed by atoms with Gasteiger partial charge in [-0.25, -0.2) is 9.20 Å². The molecular formula is C6H6BFO5. The number of hydrogen-bond donors (Lipinski definition) is 3. The predicted octanol–water partition coefficient (Wildman–Crippen LogP) is 0.377. The van der Waals surface area contributed by atoms with Crippen LogP contribution in [0.4, 0.5) is 4.39 Å². The summed E-state index contributed by atoms with van der Waals surface area (Å²) >= 11 is 0. The van der Waals surface area contributed by atoms with Crippen LogP contribution in [0.5, 0.6) is 11.5 Å². The molecule has 0 bridgehead atoms. The van der Waals surface area contributed by atoms with Gasteiger partial charge >= 0.3 is 7.32 Å². The van der Waals surface area contributed by atoms with E-state index in [1.807, 2.05) is 0 Å². The summed E-state index contributed by atoms with van der Waals surface area (Å²) in [6.45, 7) is 0. The molecule has 0 unspecified atom stereocenters. The number of phenolic OH excluding ortho intramolecular Hbond substituents is 1. The zero-order valence-corrected chi connectivity index (χ0v) is 6.35. The topological polar surface area (TPSA) is 79.2 Å². The lowest BCUT2D eigenvalue weighted by Gasteiger charge is -2.07. The monoisotopic (exact) mass is 188 g/mol. The first kappa shape index (κ1) is 9.78. The Balaban J connectivity index is 2.83. The van der Waals surface area contributed by atoms with Crippen molar-refractivity contribution in [3.05, 3.63) is 24.0 Å². The third kappa shape index (κ3) is 2.31. The van der Waals surface area contributed by atoms with E-state index >= 15 is 0 Å². The molecule has 1 aromatic rings. The summed E-state index contributed by atoms with van der Waals surface area (Å²) in [7, 11) is -1.97. The first-order valence-electron chi connectivity index (χ1n) is 3.27. The smallest absolute Gasteiger partial charge is 0.507 e. The van der Waals surface area contributed by atoms with Crippen LogP contribution in [0.25, 0.3) is 0 Å². The first-order chi connectivity index (χ1) is 6.15. The van der Waals surface area contributed by atoms with E-state index in [9.17, 15) is 4.39 Å². The highest BCUT2D eigenvalue weighted by molar-refractivity contribution is 6.35. The molecule has 1 aromatic carbocycles. The van der Waals surface area contributed by atoms with Gasteiger partial charge in [-0.15, -0.1) is 0 Å². The number of halogens is 1. The second-order valence-corrected chi connectivity index (χ2v) is 2.12. The number of phenols is 1. The highest BCUT2D eigenvalue weighted by Crippen LogP contribution is 2.28. The molecular weight excluding hydrogens is 182 g/mol. The van der Waals surface area contributed by atoms with Crippen LogP contribution in [-0.2, 0) is 4.81 Å². The van der Waals surface area contributed by atoms with Crippen LogP contribution >= 0.6 is 0 Å². The zero-order chi connectivity index (χ0) is 9.84. The van der Waals surface area contributed by atoms with Crippen LogP contribution in [0.15, 0.2) is 18.2 Å². The molecule has 0 aliphatic rings.